The molecule has 112 valence electrons. The van der Waals surface area contributed by atoms with E-state index in [0.29, 0.717) is 6.42 Å². The van der Waals surface area contributed by atoms with Crippen LogP contribution in [0, 0.1) is 0 Å². The van der Waals surface area contributed by atoms with Gasteiger partial charge in [0.1, 0.15) is 5.54 Å². The number of nitrogens with zero attached hydrogens (tertiary/aromatic N) is 2. The quantitative estimate of drug-likeness (QED) is 0.669. The number of imide groups is 1. The van der Waals surface area contributed by atoms with Crippen LogP contribution in [0.4, 0.5) is 4.79 Å². The normalized spacial score (nSPS) is 21.4. The van der Waals surface area contributed by atoms with Crippen LogP contribution in [0.3, 0.4) is 0 Å². The molecule has 1 aromatic rings. The third-order valence-electron chi connectivity index (χ3n) is 3.61. The number of nitrogens with one attached hydrogen (secondary N) is 1. The highest BCUT2D eigenvalue weighted by molar-refractivity contribution is 6.06. The first-order valence-corrected chi connectivity index (χ1v) is 7.09. The maximum absolute atomic E-state index is 12.5. The van der Waals surface area contributed by atoms with Gasteiger partial charge in [-0.15, -0.1) is 0 Å². The van der Waals surface area contributed by atoms with Gasteiger partial charge in [-0.25, -0.2) is 4.79 Å². The third-order valence-corrected chi connectivity index (χ3v) is 3.61. The number of carbonyl (C=O) groups excluding carboxylic acids is 2. The largest absolute Gasteiger partial charge is 0.325 e. The van der Waals surface area contributed by atoms with Crippen LogP contribution in [0.25, 0.3) is 0 Å². The van der Waals surface area contributed by atoms with Crippen molar-refractivity contribution in [2.24, 2.45) is 0 Å². The summed E-state index contributed by atoms with van der Waals surface area (Å²) in [6.45, 7) is 6.09. The van der Waals surface area contributed by atoms with Crippen molar-refractivity contribution in [3.63, 3.8) is 0 Å². The first-order valence-electron chi connectivity index (χ1n) is 7.09. The molecule has 0 spiro atoms. The van der Waals surface area contributed by atoms with Crippen molar-refractivity contribution in [1.29, 1.82) is 0 Å². The van der Waals surface area contributed by atoms with Gasteiger partial charge in [-0.05, 0) is 45.2 Å². The number of urea groups is 1. The number of allylic oxidation sites excluding steroid dienone is 2. The van der Waals surface area contributed by atoms with Crippen LogP contribution in [0.2, 0.25) is 0 Å². The lowest BCUT2D eigenvalue weighted by molar-refractivity contribution is -0.131. The topological polar surface area (TPSA) is 62.3 Å². The summed E-state index contributed by atoms with van der Waals surface area (Å²) in [5.74, 6) is -0.168. The van der Waals surface area contributed by atoms with Crippen LogP contribution in [0.1, 0.15) is 39.2 Å². The molecule has 2 rings (SSSR count). The first-order chi connectivity index (χ1) is 9.92. The minimum atomic E-state index is -0.814. The first kappa shape index (κ1) is 15.2. The smallest absolute Gasteiger partial charge is 0.323 e. The predicted molar refractivity (Wildman–Crippen MR) is 80.4 cm³/mol. The van der Waals surface area contributed by atoms with Gasteiger partial charge in [0.15, 0.2) is 0 Å². The average molecular weight is 287 g/mol. The maximum Gasteiger partial charge on any atom is 0.325 e. The van der Waals surface area contributed by atoms with E-state index in [2.05, 4.69) is 16.4 Å². The minimum absolute atomic E-state index is 0.168. The van der Waals surface area contributed by atoms with Crippen molar-refractivity contribution < 1.29 is 9.59 Å². The molecule has 0 radical (unpaired) electrons. The molecule has 2 heterocycles. The molecule has 21 heavy (non-hydrogen) atoms. The molecule has 1 N–H and O–H groups in total. The zero-order valence-corrected chi connectivity index (χ0v) is 12.7. The monoisotopic (exact) mass is 287 g/mol. The van der Waals surface area contributed by atoms with Gasteiger partial charge < -0.3 is 5.32 Å². The van der Waals surface area contributed by atoms with E-state index in [1.807, 2.05) is 19.9 Å². The minimum Gasteiger partial charge on any atom is -0.323 e. The summed E-state index contributed by atoms with van der Waals surface area (Å²) in [6, 6.07) is 3.32. The summed E-state index contributed by atoms with van der Waals surface area (Å²) in [6.07, 6.45) is 6.78. The van der Waals surface area contributed by atoms with Crippen LogP contribution in [0.15, 0.2) is 36.2 Å². The van der Waals surface area contributed by atoms with Gasteiger partial charge in [0.05, 0.1) is 6.54 Å². The zero-order valence-electron chi connectivity index (χ0n) is 12.7. The molecule has 1 aliphatic heterocycles. The number of amides is 3. The van der Waals surface area contributed by atoms with Gasteiger partial charge in [0.25, 0.3) is 5.91 Å². The van der Waals surface area contributed by atoms with E-state index < -0.39 is 5.54 Å². The van der Waals surface area contributed by atoms with E-state index in [1.54, 1.807) is 25.4 Å². The Morgan fingerprint density at radius 3 is 2.81 bits per heavy atom. The molecular formula is C16H21N3O2. The second-order valence-corrected chi connectivity index (χ2v) is 5.83. The van der Waals surface area contributed by atoms with Crippen LogP contribution in [-0.2, 0) is 11.3 Å². The van der Waals surface area contributed by atoms with Gasteiger partial charge in [0.2, 0.25) is 0 Å². The second kappa shape index (κ2) is 6.08. The van der Waals surface area contributed by atoms with Gasteiger partial charge >= 0.3 is 6.03 Å². The van der Waals surface area contributed by atoms with Crippen LogP contribution in [-0.4, -0.2) is 27.4 Å². The molecule has 5 nitrogen and oxygen atoms in total. The Morgan fingerprint density at radius 2 is 2.19 bits per heavy atom. The standard InChI is InChI=1S/C16H21N3O2/c1-12(2)6-4-8-16(3)14(20)19(15(21)18-16)11-13-7-5-9-17-10-13/h5-7,9-10H,4,8,11H2,1-3H3,(H,18,21)/t16-/m1/s1. The molecule has 3 amide bonds. The summed E-state index contributed by atoms with van der Waals surface area (Å²) >= 11 is 0. The van der Waals surface area contributed by atoms with Crippen LogP contribution in [0.5, 0.6) is 0 Å². The van der Waals surface area contributed by atoms with E-state index in [1.165, 1.54) is 10.5 Å². The fourth-order valence-corrected chi connectivity index (χ4v) is 2.38. The Labute approximate surface area is 125 Å². The highest BCUT2D eigenvalue weighted by atomic mass is 16.2. The van der Waals surface area contributed by atoms with Crippen molar-refractivity contribution in [3.05, 3.63) is 41.7 Å². The lowest BCUT2D eigenvalue weighted by Gasteiger charge is -2.21. The highest BCUT2D eigenvalue weighted by Gasteiger charge is 2.46. The van der Waals surface area contributed by atoms with E-state index in [0.717, 1.165) is 12.0 Å². The molecule has 0 saturated carbocycles. The Morgan fingerprint density at radius 1 is 1.43 bits per heavy atom. The Hall–Kier alpha value is -2.17. The van der Waals surface area contributed by atoms with Crippen molar-refractivity contribution in [2.75, 3.05) is 0 Å². The molecule has 1 atom stereocenters. The van der Waals surface area contributed by atoms with Crippen molar-refractivity contribution in [1.82, 2.24) is 15.2 Å². The zero-order chi connectivity index (χ0) is 15.5. The van der Waals surface area contributed by atoms with Gasteiger partial charge in [-0.2, -0.15) is 0 Å². The Bertz CT molecular complexity index is 564. The van der Waals surface area contributed by atoms with Crippen molar-refractivity contribution in [2.45, 2.75) is 45.7 Å². The fourth-order valence-electron chi connectivity index (χ4n) is 2.38. The Balaban J connectivity index is 2.07. The number of hydrogen-bond donors (Lipinski definition) is 1. The van der Waals surface area contributed by atoms with Crippen LogP contribution < -0.4 is 5.32 Å². The third kappa shape index (κ3) is 3.48. The molecule has 1 saturated heterocycles. The molecule has 1 aromatic heterocycles. The molecular weight excluding hydrogens is 266 g/mol. The Kier molecular flexibility index (Phi) is 4.40. The van der Waals surface area contributed by atoms with E-state index in [-0.39, 0.29) is 18.5 Å². The summed E-state index contributed by atoms with van der Waals surface area (Å²) in [5.41, 5.74) is 1.24. The molecule has 1 fully saturated rings. The maximum atomic E-state index is 12.5. The van der Waals surface area contributed by atoms with E-state index in [9.17, 15) is 9.59 Å². The highest BCUT2D eigenvalue weighted by Crippen LogP contribution is 2.24. The van der Waals surface area contributed by atoms with Gasteiger partial charge in [0, 0.05) is 12.4 Å². The van der Waals surface area contributed by atoms with Crippen molar-refractivity contribution >= 4 is 11.9 Å². The lowest BCUT2D eigenvalue weighted by Crippen LogP contribution is -2.43. The van der Waals surface area contributed by atoms with Crippen LogP contribution >= 0.6 is 0 Å². The SMILES string of the molecule is CC(C)=CCC[C@@]1(C)NC(=O)N(Cc2cccnc2)C1=O. The molecule has 0 unspecified atom stereocenters. The van der Waals surface area contributed by atoms with E-state index in [4.69, 9.17) is 0 Å². The number of rotatable bonds is 5. The summed E-state index contributed by atoms with van der Waals surface area (Å²) < 4.78 is 0. The average Bonchev–Trinajstić information content (AvgIpc) is 2.63. The molecule has 1 aliphatic rings. The summed E-state index contributed by atoms with van der Waals surface area (Å²) in [7, 11) is 0. The fraction of sp³-hybridized carbons (Fsp3) is 0.438. The van der Waals surface area contributed by atoms with E-state index >= 15 is 0 Å². The number of aromatic nitrogens is 1. The number of pyridine rings is 1. The lowest BCUT2D eigenvalue weighted by atomic mass is 9.95. The van der Waals surface area contributed by atoms with Gasteiger partial charge in [-0.1, -0.05) is 17.7 Å². The summed E-state index contributed by atoms with van der Waals surface area (Å²) in [5, 5.41) is 2.81. The molecule has 0 bridgehead atoms. The molecule has 0 aromatic carbocycles. The summed E-state index contributed by atoms with van der Waals surface area (Å²) in [4.78, 5) is 29.8. The number of carbonyl (C=O) groups is 2. The molecule has 0 aliphatic carbocycles. The number of hydrogen-bond acceptors (Lipinski definition) is 3. The van der Waals surface area contributed by atoms with Gasteiger partial charge in [-0.3, -0.25) is 14.7 Å². The predicted octanol–water partition coefficient (Wildman–Crippen LogP) is 2.64. The molecule has 5 heteroatoms. The second-order valence-electron chi connectivity index (χ2n) is 5.83. The van der Waals surface area contributed by atoms with Crippen molar-refractivity contribution in [3.8, 4) is 0 Å².